The first-order chi connectivity index (χ1) is 11.5. The first kappa shape index (κ1) is 18.9. The number of hydrogen-bond acceptors (Lipinski definition) is 4. The van der Waals surface area contributed by atoms with E-state index in [0.717, 1.165) is 19.3 Å². The molecule has 0 amide bonds. The molecule has 0 saturated carbocycles. The average molecular weight is 502 g/mol. The number of esters is 1. The third kappa shape index (κ3) is 5.59. The van der Waals surface area contributed by atoms with Gasteiger partial charge in [0.2, 0.25) is 0 Å². The van der Waals surface area contributed by atoms with E-state index in [4.69, 9.17) is 4.74 Å². The van der Waals surface area contributed by atoms with Crippen LogP contribution in [0.15, 0.2) is 51.9 Å². The number of aromatic hydroxyl groups is 1. The second kappa shape index (κ2) is 9.17. The molecule has 0 heterocycles. The highest BCUT2D eigenvalue weighted by molar-refractivity contribution is 14.1. The van der Waals surface area contributed by atoms with Gasteiger partial charge in [0.15, 0.2) is 0 Å². The van der Waals surface area contributed by atoms with E-state index in [0.29, 0.717) is 13.0 Å². The third-order valence-corrected chi connectivity index (χ3v) is 4.75. The van der Waals surface area contributed by atoms with Gasteiger partial charge >= 0.3 is 5.97 Å². The largest absolute Gasteiger partial charge is 0.508 e. The molecule has 1 atom stereocenters. The van der Waals surface area contributed by atoms with Crippen LogP contribution in [0, 0.1) is 9.49 Å². The average Bonchev–Trinajstić information content (AvgIpc) is 2.55. The molecule has 0 fully saturated rings. The fraction of sp³-hybridized carbons (Fsp3) is 0.222. The van der Waals surface area contributed by atoms with Crippen LogP contribution in [0.3, 0.4) is 0 Å². The lowest BCUT2D eigenvalue weighted by molar-refractivity contribution is -0.145. The number of carbonyl (C=O) groups excluding carboxylic acids is 1. The molecule has 0 aliphatic carbocycles. The summed E-state index contributed by atoms with van der Waals surface area (Å²) in [6.45, 7) is 2.10. The standard InChI is InChI=1S/C18H17BrINO3/c1-2-24-18(23)13(9-12-3-8-16(22)10-17(12)19)11-21-15-6-4-14(20)5-7-15/h3-8,10-11,13,22H,2,9H2,1H3. The summed E-state index contributed by atoms with van der Waals surface area (Å²) >= 11 is 5.64. The summed E-state index contributed by atoms with van der Waals surface area (Å²) in [7, 11) is 0. The molecule has 0 spiro atoms. The molecular formula is C18H17BrINO3. The van der Waals surface area contributed by atoms with E-state index in [1.165, 1.54) is 0 Å². The lowest BCUT2D eigenvalue weighted by Gasteiger charge is -2.12. The van der Waals surface area contributed by atoms with Crippen LogP contribution < -0.4 is 0 Å². The second-order valence-corrected chi connectivity index (χ2v) is 7.19. The highest BCUT2D eigenvalue weighted by Gasteiger charge is 2.19. The topological polar surface area (TPSA) is 58.9 Å². The minimum absolute atomic E-state index is 0.172. The van der Waals surface area contributed by atoms with Gasteiger partial charge in [-0.2, -0.15) is 0 Å². The monoisotopic (exact) mass is 501 g/mol. The van der Waals surface area contributed by atoms with Crippen LogP contribution in [0.1, 0.15) is 12.5 Å². The van der Waals surface area contributed by atoms with Crippen molar-refractivity contribution in [3.8, 4) is 5.75 Å². The van der Waals surface area contributed by atoms with Crippen LogP contribution in [-0.4, -0.2) is 23.9 Å². The maximum Gasteiger partial charge on any atom is 0.314 e. The van der Waals surface area contributed by atoms with Crippen molar-refractivity contribution >= 4 is 56.4 Å². The van der Waals surface area contributed by atoms with E-state index in [9.17, 15) is 9.90 Å². The Labute approximate surface area is 163 Å². The Hall–Kier alpha value is -1.41. The molecule has 0 aliphatic rings. The van der Waals surface area contributed by atoms with Crippen LogP contribution >= 0.6 is 38.5 Å². The van der Waals surface area contributed by atoms with Crippen molar-refractivity contribution in [1.29, 1.82) is 0 Å². The summed E-state index contributed by atoms with van der Waals surface area (Å²) in [4.78, 5) is 16.6. The van der Waals surface area contributed by atoms with Crippen molar-refractivity contribution in [2.45, 2.75) is 13.3 Å². The van der Waals surface area contributed by atoms with E-state index in [1.807, 2.05) is 24.3 Å². The number of phenolic OH excluding ortho intramolecular Hbond substituents is 1. The minimum atomic E-state index is -0.495. The van der Waals surface area contributed by atoms with E-state index >= 15 is 0 Å². The Morgan fingerprint density at radius 3 is 2.67 bits per heavy atom. The summed E-state index contributed by atoms with van der Waals surface area (Å²) in [5.41, 5.74) is 1.69. The van der Waals surface area contributed by atoms with Crippen LogP contribution in [0.5, 0.6) is 5.75 Å². The summed E-state index contributed by atoms with van der Waals surface area (Å²) in [5.74, 6) is -0.636. The number of ether oxygens (including phenoxy) is 1. The summed E-state index contributed by atoms with van der Waals surface area (Å²) in [6, 6.07) is 12.7. The maximum atomic E-state index is 12.2. The molecule has 0 aromatic heterocycles. The van der Waals surface area contributed by atoms with Crippen molar-refractivity contribution in [1.82, 2.24) is 0 Å². The Morgan fingerprint density at radius 1 is 1.33 bits per heavy atom. The minimum Gasteiger partial charge on any atom is -0.508 e. The summed E-state index contributed by atoms with van der Waals surface area (Å²) < 4.78 is 7.03. The molecule has 2 rings (SSSR count). The molecule has 0 aliphatic heterocycles. The first-order valence-corrected chi connectivity index (χ1v) is 9.30. The number of hydrogen-bond donors (Lipinski definition) is 1. The molecule has 0 saturated heterocycles. The number of nitrogens with zero attached hydrogens (tertiary/aromatic N) is 1. The van der Waals surface area contributed by atoms with Crippen LogP contribution in [0.25, 0.3) is 0 Å². The van der Waals surface area contributed by atoms with Gasteiger partial charge in [0, 0.05) is 14.3 Å². The predicted octanol–water partition coefficient (Wildman–Crippen LogP) is 4.88. The number of halogens is 2. The van der Waals surface area contributed by atoms with Crippen molar-refractivity contribution < 1.29 is 14.6 Å². The number of phenols is 1. The summed E-state index contributed by atoms with van der Waals surface area (Å²) in [6.07, 6.45) is 2.06. The zero-order valence-electron chi connectivity index (χ0n) is 13.1. The van der Waals surface area contributed by atoms with Crippen LogP contribution in [0.4, 0.5) is 5.69 Å². The Balaban J connectivity index is 2.20. The van der Waals surface area contributed by atoms with E-state index in [1.54, 1.807) is 31.3 Å². The van der Waals surface area contributed by atoms with Gasteiger partial charge in [-0.05, 0) is 77.9 Å². The number of aliphatic imine (C=N–C) groups is 1. The van der Waals surface area contributed by atoms with Crippen LogP contribution in [-0.2, 0) is 16.0 Å². The first-order valence-electron chi connectivity index (χ1n) is 7.43. The Kier molecular flexibility index (Phi) is 7.23. The smallest absolute Gasteiger partial charge is 0.314 e. The van der Waals surface area contributed by atoms with Crippen molar-refractivity contribution in [3.63, 3.8) is 0 Å². The van der Waals surface area contributed by atoms with Gasteiger partial charge in [0.1, 0.15) is 5.75 Å². The quantitative estimate of drug-likeness (QED) is 0.348. The highest BCUT2D eigenvalue weighted by atomic mass is 127. The highest BCUT2D eigenvalue weighted by Crippen LogP contribution is 2.25. The number of rotatable bonds is 6. The molecule has 0 radical (unpaired) electrons. The fourth-order valence-electron chi connectivity index (χ4n) is 2.09. The van der Waals surface area contributed by atoms with Gasteiger partial charge in [0.05, 0.1) is 18.2 Å². The maximum absolute atomic E-state index is 12.2. The molecule has 126 valence electrons. The van der Waals surface area contributed by atoms with Crippen molar-refractivity contribution in [2.75, 3.05) is 6.61 Å². The molecule has 2 aromatic carbocycles. The van der Waals surface area contributed by atoms with Crippen LogP contribution in [0.2, 0.25) is 0 Å². The normalized spacial score (nSPS) is 12.3. The van der Waals surface area contributed by atoms with Gasteiger partial charge in [-0.1, -0.05) is 22.0 Å². The summed E-state index contributed by atoms with van der Waals surface area (Å²) in [5, 5.41) is 9.49. The van der Waals surface area contributed by atoms with Gasteiger partial charge in [-0.3, -0.25) is 9.79 Å². The lowest BCUT2D eigenvalue weighted by atomic mass is 10.0. The molecule has 4 nitrogen and oxygen atoms in total. The molecule has 1 unspecified atom stereocenters. The molecule has 2 aromatic rings. The van der Waals surface area contributed by atoms with Crippen molar-refractivity contribution in [3.05, 3.63) is 56.1 Å². The molecule has 1 N–H and O–H groups in total. The predicted molar refractivity (Wildman–Crippen MR) is 107 cm³/mol. The molecular weight excluding hydrogens is 485 g/mol. The van der Waals surface area contributed by atoms with E-state index in [-0.39, 0.29) is 11.7 Å². The zero-order valence-corrected chi connectivity index (χ0v) is 16.8. The Bertz CT molecular complexity index is 732. The zero-order chi connectivity index (χ0) is 17.5. The van der Waals surface area contributed by atoms with Crippen molar-refractivity contribution in [2.24, 2.45) is 10.9 Å². The van der Waals surface area contributed by atoms with E-state index in [2.05, 4.69) is 43.5 Å². The lowest BCUT2D eigenvalue weighted by Crippen LogP contribution is -2.21. The molecule has 0 bridgehead atoms. The van der Waals surface area contributed by atoms with Gasteiger partial charge < -0.3 is 9.84 Å². The van der Waals surface area contributed by atoms with Gasteiger partial charge in [-0.15, -0.1) is 0 Å². The second-order valence-electron chi connectivity index (χ2n) is 5.09. The number of benzene rings is 2. The SMILES string of the molecule is CCOC(=O)C(C=Nc1ccc(I)cc1)Cc1ccc(O)cc1Br. The van der Waals surface area contributed by atoms with Gasteiger partial charge in [-0.25, -0.2) is 0 Å². The third-order valence-electron chi connectivity index (χ3n) is 3.30. The number of carbonyl (C=O) groups is 1. The fourth-order valence-corrected chi connectivity index (χ4v) is 2.98. The molecule has 6 heteroatoms. The molecule has 24 heavy (non-hydrogen) atoms. The van der Waals surface area contributed by atoms with Gasteiger partial charge in [0.25, 0.3) is 0 Å². The Morgan fingerprint density at radius 2 is 2.04 bits per heavy atom. The van der Waals surface area contributed by atoms with E-state index < -0.39 is 5.92 Å².